The van der Waals surface area contributed by atoms with Gasteiger partial charge in [0.15, 0.2) is 0 Å². The fourth-order valence-electron chi connectivity index (χ4n) is 2.14. The molecule has 1 heterocycles. The molecule has 0 saturated carbocycles. The highest BCUT2D eigenvalue weighted by Crippen LogP contribution is 2.24. The van der Waals surface area contributed by atoms with Gasteiger partial charge in [0.1, 0.15) is 5.82 Å². The quantitative estimate of drug-likeness (QED) is 0.840. The summed E-state index contributed by atoms with van der Waals surface area (Å²) < 4.78 is 13.3. The molecule has 3 nitrogen and oxygen atoms in total. The van der Waals surface area contributed by atoms with Gasteiger partial charge in [0, 0.05) is 6.54 Å². The van der Waals surface area contributed by atoms with Crippen LogP contribution in [0.2, 0.25) is 10.0 Å². The molecule has 1 aromatic carbocycles. The number of rotatable bonds is 4. The van der Waals surface area contributed by atoms with E-state index in [0.717, 1.165) is 32.0 Å². The summed E-state index contributed by atoms with van der Waals surface area (Å²) in [7, 11) is 0. The minimum atomic E-state index is -0.642. The van der Waals surface area contributed by atoms with Crippen LogP contribution in [-0.4, -0.2) is 25.5 Å². The van der Waals surface area contributed by atoms with E-state index in [2.05, 4.69) is 10.6 Å². The summed E-state index contributed by atoms with van der Waals surface area (Å²) in [5, 5.41) is 6.09. The summed E-state index contributed by atoms with van der Waals surface area (Å²) in [6.07, 6.45) is 2.04. The lowest BCUT2D eigenvalue weighted by Gasteiger charge is -2.10. The Bertz CT molecular complexity index is 476. The number of nitrogens with one attached hydrogen (secondary N) is 2. The van der Waals surface area contributed by atoms with Gasteiger partial charge >= 0.3 is 0 Å². The lowest BCUT2D eigenvalue weighted by atomic mass is 10.1. The zero-order valence-corrected chi connectivity index (χ0v) is 11.8. The van der Waals surface area contributed by atoms with Crippen LogP contribution in [0.4, 0.5) is 4.39 Å². The first-order valence-electron chi connectivity index (χ1n) is 6.21. The number of carbonyl (C=O) groups excluding carboxylic acids is 1. The first-order valence-corrected chi connectivity index (χ1v) is 6.97. The van der Waals surface area contributed by atoms with E-state index in [1.165, 1.54) is 6.07 Å². The Morgan fingerprint density at radius 1 is 1.42 bits per heavy atom. The zero-order chi connectivity index (χ0) is 13.8. The Morgan fingerprint density at radius 2 is 2.21 bits per heavy atom. The van der Waals surface area contributed by atoms with E-state index in [1.807, 2.05) is 0 Å². The maximum absolute atomic E-state index is 13.3. The Morgan fingerprint density at radius 3 is 2.89 bits per heavy atom. The van der Waals surface area contributed by atoms with Gasteiger partial charge in [-0.05, 0) is 44.0 Å². The lowest BCUT2D eigenvalue weighted by Crippen LogP contribution is -2.26. The molecule has 0 radical (unpaired) electrons. The average molecular weight is 305 g/mol. The minimum absolute atomic E-state index is 0.0846. The molecule has 0 aliphatic carbocycles. The summed E-state index contributed by atoms with van der Waals surface area (Å²) >= 11 is 11.5. The van der Waals surface area contributed by atoms with Gasteiger partial charge in [-0.2, -0.15) is 0 Å². The first-order chi connectivity index (χ1) is 9.08. The van der Waals surface area contributed by atoms with Crippen molar-refractivity contribution < 1.29 is 9.18 Å². The average Bonchev–Trinajstić information content (AvgIpc) is 2.86. The van der Waals surface area contributed by atoms with Crippen LogP contribution in [0.5, 0.6) is 0 Å². The summed E-state index contributed by atoms with van der Waals surface area (Å²) in [5.74, 6) is -0.416. The molecular formula is C13H15Cl2FN2O. The molecular weight excluding hydrogens is 290 g/mol. The van der Waals surface area contributed by atoms with Gasteiger partial charge in [-0.15, -0.1) is 0 Å². The molecule has 1 aliphatic heterocycles. The third-order valence-electron chi connectivity index (χ3n) is 3.26. The highest BCUT2D eigenvalue weighted by atomic mass is 35.5. The third-order valence-corrected chi connectivity index (χ3v) is 3.86. The van der Waals surface area contributed by atoms with Gasteiger partial charge in [0.05, 0.1) is 15.6 Å². The van der Waals surface area contributed by atoms with Gasteiger partial charge in [-0.25, -0.2) is 4.39 Å². The number of hydrogen-bond acceptors (Lipinski definition) is 2. The second-order valence-electron chi connectivity index (χ2n) is 4.65. The van der Waals surface area contributed by atoms with Crippen molar-refractivity contribution in [2.24, 2.45) is 5.92 Å². The van der Waals surface area contributed by atoms with Crippen LogP contribution in [-0.2, 0) is 0 Å². The normalized spacial score (nSPS) is 18.6. The maximum Gasteiger partial charge on any atom is 0.252 e. The van der Waals surface area contributed by atoms with E-state index in [0.29, 0.717) is 12.5 Å². The van der Waals surface area contributed by atoms with Crippen molar-refractivity contribution in [1.82, 2.24) is 10.6 Å². The molecule has 6 heteroatoms. The van der Waals surface area contributed by atoms with Crippen molar-refractivity contribution in [1.29, 1.82) is 0 Å². The van der Waals surface area contributed by atoms with Crippen LogP contribution in [0, 0.1) is 11.7 Å². The summed E-state index contributed by atoms with van der Waals surface area (Å²) in [4.78, 5) is 11.9. The molecule has 19 heavy (non-hydrogen) atoms. The van der Waals surface area contributed by atoms with Crippen molar-refractivity contribution >= 4 is 29.1 Å². The predicted octanol–water partition coefficient (Wildman–Crippen LogP) is 2.86. The van der Waals surface area contributed by atoms with E-state index >= 15 is 0 Å². The van der Waals surface area contributed by atoms with Crippen molar-refractivity contribution in [2.75, 3.05) is 19.6 Å². The minimum Gasteiger partial charge on any atom is -0.352 e. The van der Waals surface area contributed by atoms with E-state index in [9.17, 15) is 9.18 Å². The SMILES string of the molecule is O=C(NCCC1CCNC1)c1cc(F)c(Cl)cc1Cl. The smallest absolute Gasteiger partial charge is 0.252 e. The second-order valence-corrected chi connectivity index (χ2v) is 5.46. The number of hydrogen-bond donors (Lipinski definition) is 2. The summed E-state index contributed by atoms with van der Waals surface area (Å²) in [6, 6.07) is 2.31. The number of carbonyl (C=O) groups is 1. The molecule has 1 amide bonds. The molecule has 1 atom stereocenters. The molecule has 104 valence electrons. The van der Waals surface area contributed by atoms with Crippen molar-refractivity contribution in [3.63, 3.8) is 0 Å². The lowest BCUT2D eigenvalue weighted by molar-refractivity contribution is 0.0951. The number of halogens is 3. The third kappa shape index (κ3) is 3.81. The van der Waals surface area contributed by atoms with Crippen LogP contribution in [0.1, 0.15) is 23.2 Å². The molecule has 0 spiro atoms. The van der Waals surface area contributed by atoms with Crippen molar-refractivity contribution in [3.8, 4) is 0 Å². The topological polar surface area (TPSA) is 41.1 Å². The van der Waals surface area contributed by atoms with Crippen LogP contribution in [0.15, 0.2) is 12.1 Å². The van der Waals surface area contributed by atoms with Crippen LogP contribution < -0.4 is 10.6 Å². The van der Waals surface area contributed by atoms with Gasteiger partial charge in [0.2, 0.25) is 0 Å². The van der Waals surface area contributed by atoms with Gasteiger partial charge in [0.25, 0.3) is 5.91 Å². The molecule has 0 aromatic heterocycles. The molecule has 0 bridgehead atoms. The fourth-order valence-corrected chi connectivity index (χ4v) is 2.61. The highest BCUT2D eigenvalue weighted by Gasteiger charge is 2.16. The molecule has 1 fully saturated rings. The Labute approximate surface area is 121 Å². The summed E-state index contributed by atoms with van der Waals surface area (Å²) in [5.41, 5.74) is 0.119. The number of benzene rings is 1. The van der Waals surface area contributed by atoms with Crippen molar-refractivity contribution in [2.45, 2.75) is 12.8 Å². The first kappa shape index (κ1) is 14.6. The van der Waals surface area contributed by atoms with Crippen LogP contribution >= 0.6 is 23.2 Å². The van der Waals surface area contributed by atoms with Crippen LogP contribution in [0.3, 0.4) is 0 Å². The van der Waals surface area contributed by atoms with E-state index in [1.54, 1.807) is 0 Å². The Hall–Kier alpha value is -0.840. The van der Waals surface area contributed by atoms with E-state index in [4.69, 9.17) is 23.2 Å². The molecule has 2 rings (SSSR count). The Balaban J connectivity index is 1.90. The largest absolute Gasteiger partial charge is 0.352 e. The standard InChI is InChI=1S/C13H15Cl2FN2O/c14-10-6-11(15)12(16)5-9(10)13(19)18-4-2-8-1-3-17-7-8/h5-6,8,17H,1-4,7H2,(H,18,19). The van der Waals surface area contributed by atoms with E-state index < -0.39 is 5.82 Å². The molecule has 1 unspecified atom stereocenters. The van der Waals surface area contributed by atoms with Gasteiger partial charge in [-0.3, -0.25) is 4.79 Å². The van der Waals surface area contributed by atoms with Crippen LogP contribution in [0.25, 0.3) is 0 Å². The molecule has 2 N–H and O–H groups in total. The highest BCUT2D eigenvalue weighted by molar-refractivity contribution is 6.36. The predicted molar refractivity (Wildman–Crippen MR) is 74.3 cm³/mol. The van der Waals surface area contributed by atoms with Crippen molar-refractivity contribution in [3.05, 3.63) is 33.6 Å². The van der Waals surface area contributed by atoms with Gasteiger partial charge < -0.3 is 10.6 Å². The number of amides is 1. The monoisotopic (exact) mass is 304 g/mol. The molecule has 1 aromatic rings. The molecule has 1 saturated heterocycles. The second kappa shape index (κ2) is 6.55. The maximum atomic E-state index is 13.3. The van der Waals surface area contributed by atoms with Gasteiger partial charge in [-0.1, -0.05) is 23.2 Å². The Kier molecular flexibility index (Phi) is 5.02. The summed E-state index contributed by atoms with van der Waals surface area (Å²) in [6.45, 7) is 2.59. The molecule has 1 aliphatic rings. The zero-order valence-electron chi connectivity index (χ0n) is 10.3. The van der Waals surface area contributed by atoms with E-state index in [-0.39, 0.29) is 21.5 Å². The fraction of sp³-hybridized carbons (Fsp3) is 0.462.